The van der Waals surface area contributed by atoms with Crippen LogP contribution in [0.3, 0.4) is 0 Å². The smallest absolute Gasteiger partial charge is 0.279 e. The summed E-state index contributed by atoms with van der Waals surface area (Å²) in [6, 6.07) is 9.58. The molecule has 7 heteroatoms. The number of fused-ring (bicyclic) bond motifs is 1. The van der Waals surface area contributed by atoms with E-state index in [1.807, 2.05) is 30.3 Å². The molecular weight excluding hydrogens is 358 g/mol. The minimum absolute atomic E-state index is 0.194. The average molecular weight is 379 g/mol. The van der Waals surface area contributed by atoms with E-state index in [0.29, 0.717) is 17.9 Å². The molecular formula is C20H21N5OS. The van der Waals surface area contributed by atoms with Crippen molar-refractivity contribution >= 4 is 22.4 Å². The summed E-state index contributed by atoms with van der Waals surface area (Å²) in [5.41, 5.74) is 2.89. The predicted octanol–water partition coefficient (Wildman–Crippen LogP) is 3.74. The van der Waals surface area contributed by atoms with Crippen molar-refractivity contribution in [1.29, 1.82) is 0 Å². The van der Waals surface area contributed by atoms with Gasteiger partial charge in [-0.05, 0) is 44.7 Å². The number of hydrogen-bond acceptors (Lipinski definition) is 5. The van der Waals surface area contributed by atoms with Crippen molar-refractivity contribution in [2.24, 2.45) is 0 Å². The van der Waals surface area contributed by atoms with Gasteiger partial charge in [0.25, 0.3) is 5.91 Å². The highest BCUT2D eigenvalue weighted by Gasteiger charge is 2.27. The summed E-state index contributed by atoms with van der Waals surface area (Å²) in [6.07, 6.45) is 6.11. The molecule has 0 atom stereocenters. The highest BCUT2D eigenvalue weighted by molar-refractivity contribution is 7.16. The maximum Gasteiger partial charge on any atom is 0.282 e. The van der Waals surface area contributed by atoms with Crippen LogP contribution in [0.1, 0.15) is 39.6 Å². The summed E-state index contributed by atoms with van der Waals surface area (Å²) < 4.78 is 0. The second-order valence-corrected chi connectivity index (χ2v) is 7.60. The number of anilines is 1. The first-order valence-corrected chi connectivity index (χ1v) is 9.89. The number of amides is 1. The summed E-state index contributed by atoms with van der Waals surface area (Å²) in [4.78, 5) is 22.4. The van der Waals surface area contributed by atoms with Crippen LogP contribution in [0.4, 0.5) is 5.13 Å². The Morgan fingerprint density at radius 2 is 2.04 bits per heavy atom. The molecule has 138 valence electrons. The molecule has 6 nitrogen and oxygen atoms in total. The van der Waals surface area contributed by atoms with Gasteiger partial charge in [-0.3, -0.25) is 9.69 Å². The van der Waals surface area contributed by atoms with Crippen molar-refractivity contribution < 1.29 is 4.79 Å². The van der Waals surface area contributed by atoms with E-state index in [0.717, 1.165) is 35.8 Å². The number of nitrogens with zero attached hydrogens (tertiary/aromatic N) is 5. The molecule has 3 aromatic rings. The van der Waals surface area contributed by atoms with E-state index in [2.05, 4.69) is 16.8 Å². The summed E-state index contributed by atoms with van der Waals surface area (Å²) in [5.74, 6) is -0.194. The summed E-state index contributed by atoms with van der Waals surface area (Å²) in [5, 5.41) is 9.59. The van der Waals surface area contributed by atoms with Gasteiger partial charge in [0.1, 0.15) is 0 Å². The van der Waals surface area contributed by atoms with E-state index < -0.39 is 0 Å². The standard InChI is InChI=1S/C20H21N5OS/c1-3-13-24(20-21-16-11-7-8-12-17(16)27-20)19(26)18-14(2)22-25(23-18)15-9-5-4-6-10-15/h3-6,9-10H,1,7-8,11-13H2,2H3. The number of rotatable bonds is 5. The van der Waals surface area contributed by atoms with Gasteiger partial charge >= 0.3 is 0 Å². The number of hydrogen-bond donors (Lipinski definition) is 0. The SMILES string of the molecule is C=CCN(C(=O)c1nn(-c2ccccc2)nc1C)c1nc2c(s1)CCCC2. The van der Waals surface area contributed by atoms with E-state index in [1.165, 1.54) is 16.1 Å². The molecule has 0 fully saturated rings. The largest absolute Gasteiger partial charge is 0.282 e. The molecule has 1 aromatic carbocycles. The van der Waals surface area contributed by atoms with E-state index in [1.54, 1.807) is 29.2 Å². The molecule has 0 N–H and O–H groups in total. The molecule has 0 saturated heterocycles. The Kier molecular flexibility index (Phi) is 4.85. The van der Waals surface area contributed by atoms with Gasteiger partial charge in [0, 0.05) is 11.4 Å². The van der Waals surface area contributed by atoms with Crippen LogP contribution >= 0.6 is 11.3 Å². The van der Waals surface area contributed by atoms with E-state index >= 15 is 0 Å². The zero-order valence-electron chi connectivity index (χ0n) is 15.3. The van der Waals surface area contributed by atoms with Gasteiger partial charge in [0.05, 0.1) is 17.1 Å². The van der Waals surface area contributed by atoms with Crippen LogP contribution in [-0.4, -0.2) is 32.4 Å². The Hall–Kier alpha value is -2.80. The van der Waals surface area contributed by atoms with E-state index in [9.17, 15) is 4.79 Å². The highest BCUT2D eigenvalue weighted by Crippen LogP contribution is 2.32. The maximum absolute atomic E-state index is 13.2. The molecule has 2 aromatic heterocycles. The second-order valence-electron chi connectivity index (χ2n) is 6.54. The fraction of sp³-hybridized carbons (Fsp3) is 0.300. The highest BCUT2D eigenvalue weighted by atomic mass is 32.1. The number of carbonyl (C=O) groups is 1. The van der Waals surface area contributed by atoms with Gasteiger partial charge in [0.15, 0.2) is 10.8 Å². The van der Waals surface area contributed by atoms with Crippen molar-refractivity contribution in [3.8, 4) is 5.69 Å². The number of benzene rings is 1. The number of aryl methyl sites for hydroxylation is 3. The van der Waals surface area contributed by atoms with Crippen LogP contribution in [0.15, 0.2) is 43.0 Å². The molecule has 0 aliphatic heterocycles. The first-order valence-electron chi connectivity index (χ1n) is 9.08. The average Bonchev–Trinajstić information content (AvgIpc) is 3.29. The molecule has 0 spiro atoms. The van der Waals surface area contributed by atoms with Crippen molar-refractivity contribution in [3.05, 3.63) is 64.9 Å². The van der Waals surface area contributed by atoms with Crippen LogP contribution in [0.5, 0.6) is 0 Å². The summed E-state index contributed by atoms with van der Waals surface area (Å²) >= 11 is 1.61. The third kappa shape index (κ3) is 3.42. The topological polar surface area (TPSA) is 63.9 Å². The lowest BCUT2D eigenvalue weighted by atomic mass is 10.0. The van der Waals surface area contributed by atoms with Crippen molar-refractivity contribution in [2.75, 3.05) is 11.4 Å². The molecule has 0 unspecified atom stereocenters. The number of carbonyl (C=O) groups excluding carboxylic acids is 1. The summed E-state index contributed by atoms with van der Waals surface area (Å²) in [6.45, 7) is 6.00. The minimum atomic E-state index is -0.194. The number of thiazole rings is 1. The number of aromatic nitrogens is 4. The van der Waals surface area contributed by atoms with Crippen molar-refractivity contribution in [2.45, 2.75) is 32.6 Å². The summed E-state index contributed by atoms with van der Waals surface area (Å²) in [7, 11) is 0. The van der Waals surface area contributed by atoms with Crippen LogP contribution < -0.4 is 4.90 Å². The maximum atomic E-state index is 13.2. The molecule has 0 radical (unpaired) electrons. The van der Waals surface area contributed by atoms with Gasteiger partial charge in [-0.25, -0.2) is 4.98 Å². The molecule has 2 heterocycles. The van der Waals surface area contributed by atoms with Crippen LogP contribution in [0, 0.1) is 6.92 Å². The molecule has 4 rings (SSSR count). The van der Waals surface area contributed by atoms with Gasteiger partial charge in [-0.2, -0.15) is 9.90 Å². The molecule has 1 amide bonds. The van der Waals surface area contributed by atoms with Crippen molar-refractivity contribution in [3.63, 3.8) is 0 Å². The Morgan fingerprint density at radius 3 is 2.78 bits per heavy atom. The van der Waals surface area contributed by atoms with Gasteiger partial charge in [0.2, 0.25) is 0 Å². The fourth-order valence-corrected chi connectivity index (χ4v) is 4.37. The van der Waals surface area contributed by atoms with Gasteiger partial charge in [-0.15, -0.1) is 23.0 Å². The zero-order chi connectivity index (χ0) is 18.8. The zero-order valence-corrected chi connectivity index (χ0v) is 16.1. The Labute approximate surface area is 162 Å². The Balaban J connectivity index is 1.67. The fourth-order valence-electron chi connectivity index (χ4n) is 3.21. The lowest BCUT2D eigenvalue weighted by Crippen LogP contribution is -2.32. The quantitative estimate of drug-likeness (QED) is 0.634. The van der Waals surface area contributed by atoms with Crippen LogP contribution in [-0.2, 0) is 12.8 Å². The Bertz CT molecular complexity index is 952. The molecule has 1 aliphatic rings. The monoisotopic (exact) mass is 379 g/mol. The molecule has 1 aliphatic carbocycles. The van der Waals surface area contributed by atoms with Crippen molar-refractivity contribution in [1.82, 2.24) is 20.0 Å². The van der Waals surface area contributed by atoms with Gasteiger partial charge in [-0.1, -0.05) is 24.3 Å². The minimum Gasteiger partial charge on any atom is -0.279 e. The number of para-hydroxylation sites is 1. The van der Waals surface area contributed by atoms with E-state index in [-0.39, 0.29) is 5.91 Å². The van der Waals surface area contributed by atoms with Crippen LogP contribution in [0.25, 0.3) is 5.69 Å². The first-order chi connectivity index (χ1) is 13.2. The third-order valence-corrected chi connectivity index (χ3v) is 5.77. The molecule has 0 saturated carbocycles. The normalized spacial score (nSPS) is 13.2. The molecule has 27 heavy (non-hydrogen) atoms. The Morgan fingerprint density at radius 1 is 1.26 bits per heavy atom. The second kappa shape index (κ2) is 7.44. The van der Waals surface area contributed by atoms with Crippen LogP contribution in [0.2, 0.25) is 0 Å². The third-order valence-electron chi connectivity index (χ3n) is 4.59. The molecule has 0 bridgehead atoms. The first kappa shape index (κ1) is 17.6. The van der Waals surface area contributed by atoms with Gasteiger partial charge < -0.3 is 0 Å². The van der Waals surface area contributed by atoms with E-state index in [4.69, 9.17) is 4.98 Å². The lowest BCUT2D eigenvalue weighted by molar-refractivity contribution is 0.0984. The lowest BCUT2D eigenvalue weighted by Gasteiger charge is -2.16. The predicted molar refractivity (Wildman–Crippen MR) is 107 cm³/mol.